The minimum Gasteiger partial charge on any atom is -0.497 e. The van der Waals surface area contributed by atoms with Gasteiger partial charge in [0.15, 0.2) is 0 Å². The normalized spacial score (nSPS) is 11.4. The molecule has 3 rings (SSSR count). The van der Waals surface area contributed by atoms with E-state index < -0.39 is 17.9 Å². The van der Waals surface area contributed by atoms with E-state index >= 15 is 0 Å². The third-order valence-electron chi connectivity index (χ3n) is 4.35. The number of rotatable bonds is 6. The van der Waals surface area contributed by atoms with Crippen molar-refractivity contribution in [3.8, 4) is 5.75 Å². The zero-order valence-corrected chi connectivity index (χ0v) is 16.1. The number of benzene rings is 2. The largest absolute Gasteiger partial charge is 0.497 e. The Hall–Kier alpha value is -3.87. The maximum atomic E-state index is 13.0. The van der Waals surface area contributed by atoms with E-state index in [1.807, 2.05) is 19.1 Å². The predicted molar refractivity (Wildman–Crippen MR) is 110 cm³/mol. The molecule has 7 nitrogen and oxygen atoms in total. The van der Waals surface area contributed by atoms with Gasteiger partial charge in [0.2, 0.25) is 5.56 Å². The molecule has 0 aliphatic heterocycles. The molecule has 0 unspecified atom stereocenters. The van der Waals surface area contributed by atoms with Crippen LogP contribution in [0.4, 0.5) is 5.69 Å². The number of H-pyrrole nitrogens is 1. The van der Waals surface area contributed by atoms with Crippen LogP contribution in [-0.4, -0.2) is 23.9 Å². The van der Waals surface area contributed by atoms with E-state index in [9.17, 15) is 14.4 Å². The van der Waals surface area contributed by atoms with Gasteiger partial charge < -0.3 is 20.4 Å². The maximum absolute atomic E-state index is 13.0. The molecule has 0 bridgehead atoms. The molecular weight excluding hydrogens is 370 g/mol. The average Bonchev–Trinajstić information content (AvgIpc) is 2.73. The number of pyridine rings is 1. The lowest BCUT2D eigenvalue weighted by atomic mass is 10.0. The molecule has 0 aliphatic carbocycles. The van der Waals surface area contributed by atoms with Gasteiger partial charge in [0.25, 0.3) is 11.8 Å². The van der Waals surface area contributed by atoms with Crippen molar-refractivity contribution in [3.05, 3.63) is 93.9 Å². The number of amides is 2. The van der Waals surface area contributed by atoms with Crippen LogP contribution in [0.25, 0.3) is 0 Å². The van der Waals surface area contributed by atoms with Crippen LogP contribution in [0.5, 0.6) is 5.75 Å². The van der Waals surface area contributed by atoms with Gasteiger partial charge in [-0.25, -0.2) is 0 Å². The van der Waals surface area contributed by atoms with E-state index in [0.29, 0.717) is 17.0 Å². The summed E-state index contributed by atoms with van der Waals surface area (Å²) in [7, 11) is 1.56. The van der Waals surface area contributed by atoms with E-state index in [2.05, 4.69) is 15.6 Å². The molecule has 0 aliphatic rings. The van der Waals surface area contributed by atoms with Crippen molar-refractivity contribution >= 4 is 17.5 Å². The van der Waals surface area contributed by atoms with Crippen LogP contribution in [0.15, 0.2) is 71.7 Å². The molecule has 1 atom stereocenters. The van der Waals surface area contributed by atoms with Gasteiger partial charge in [-0.05, 0) is 42.8 Å². The number of aromatic nitrogens is 1. The predicted octanol–water partition coefficient (Wildman–Crippen LogP) is 2.80. The number of carbonyl (C=O) groups is 2. The van der Waals surface area contributed by atoms with Crippen molar-refractivity contribution in [3.63, 3.8) is 0 Å². The average molecular weight is 391 g/mol. The van der Waals surface area contributed by atoms with Crippen LogP contribution in [0.3, 0.4) is 0 Å². The molecule has 29 heavy (non-hydrogen) atoms. The molecule has 3 aromatic rings. The minimum atomic E-state index is -0.919. The molecule has 0 fully saturated rings. The highest BCUT2D eigenvalue weighted by Crippen LogP contribution is 2.20. The van der Waals surface area contributed by atoms with Crippen molar-refractivity contribution in [1.82, 2.24) is 10.3 Å². The first-order valence-corrected chi connectivity index (χ1v) is 8.97. The fourth-order valence-electron chi connectivity index (χ4n) is 2.71. The number of methoxy groups -OCH3 is 1. The minimum absolute atomic E-state index is 0.249. The summed E-state index contributed by atoms with van der Waals surface area (Å²) in [4.78, 5) is 39.2. The first kappa shape index (κ1) is 19.9. The number of anilines is 1. The molecule has 1 heterocycles. The van der Waals surface area contributed by atoms with Crippen LogP contribution in [-0.2, 0) is 4.79 Å². The van der Waals surface area contributed by atoms with Crippen molar-refractivity contribution in [2.75, 3.05) is 12.4 Å². The molecule has 0 spiro atoms. The number of aryl methyl sites for hydroxylation is 1. The Bertz CT molecular complexity index is 1040. The van der Waals surface area contributed by atoms with Crippen LogP contribution in [0.2, 0.25) is 0 Å². The van der Waals surface area contributed by atoms with Crippen molar-refractivity contribution < 1.29 is 14.3 Å². The monoisotopic (exact) mass is 391 g/mol. The molecular formula is C22H21N3O4. The number of ether oxygens (including phenoxy) is 1. The lowest BCUT2D eigenvalue weighted by molar-refractivity contribution is -0.118. The molecule has 0 saturated carbocycles. The Morgan fingerprint density at radius 2 is 1.66 bits per heavy atom. The molecule has 0 radical (unpaired) electrons. The Morgan fingerprint density at radius 3 is 2.24 bits per heavy atom. The number of nitrogens with one attached hydrogen (secondary N) is 3. The first-order valence-electron chi connectivity index (χ1n) is 8.97. The fourth-order valence-corrected chi connectivity index (χ4v) is 2.71. The van der Waals surface area contributed by atoms with Crippen LogP contribution in [0, 0.1) is 6.92 Å². The van der Waals surface area contributed by atoms with Crippen molar-refractivity contribution in [1.29, 1.82) is 0 Å². The topological polar surface area (TPSA) is 100 Å². The van der Waals surface area contributed by atoms with Crippen LogP contribution < -0.4 is 20.9 Å². The Morgan fingerprint density at radius 1 is 0.966 bits per heavy atom. The molecule has 7 heteroatoms. The third kappa shape index (κ3) is 5.10. The van der Waals surface area contributed by atoms with Crippen molar-refractivity contribution in [2.24, 2.45) is 0 Å². The molecule has 148 valence electrons. The highest BCUT2D eigenvalue weighted by atomic mass is 16.5. The zero-order chi connectivity index (χ0) is 20.8. The first-order chi connectivity index (χ1) is 14.0. The molecule has 1 aromatic heterocycles. The summed E-state index contributed by atoms with van der Waals surface area (Å²) < 4.78 is 5.12. The van der Waals surface area contributed by atoms with E-state index in [1.165, 1.54) is 18.3 Å². The van der Waals surface area contributed by atoms with Crippen LogP contribution >= 0.6 is 0 Å². The van der Waals surface area contributed by atoms with E-state index in [4.69, 9.17) is 4.74 Å². The Labute approximate surface area is 167 Å². The van der Waals surface area contributed by atoms with Gasteiger partial charge in [0, 0.05) is 18.0 Å². The summed E-state index contributed by atoms with van der Waals surface area (Å²) in [5.74, 6) is -0.196. The summed E-state index contributed by atoms with van der Waals surface area (Å²) in [5, 5.41) is 5.54. The van der Waals surface area contributed by atoms with Gasteiger partial charge in [0.05, 0.1) is 12.7 Å². The summed E-state index contributed by atoms with van der Waals surface area (Å²) in [5.41, 5.74) is 2.19. The second kappa shape index (κ2) is 8.88. The van der Waals surface area contributed by atoms with E-state index in [-0.39, 0.29) is 11.1 Å². The Kier molecular flexibility index (Phi) is 6.09. The van der Waals surface area contributed by atoms with Gasteiger partial charge in [-0.3, -0.25) is 14.4 Å². The van der Waals surface area contributed by atoms with Gasteiger partial charge >= 0.3 is 0 Å². The summed E-state index contributed by atoms with van der Waals surface area (Å²) in [6, 6.07) is 16.0. The fraction of sp³-hybridized carbons (Fsp3) is 0.136. The number of aromatic amines is 1. The summed E-state index contributed by atoms with van der Waals surface area (Å²) in [6.45, 7) is 1.94. The van der Waals surface area contributed by atoms with E-state index in [1.54, 1.807) is 43.5 Å². The van der Waals surface area contributed by atoms with E-state index in [0.717, 1.165) is 5.56 Å². The number of hydrogen-bond acceptors (Lipinski definition) is 4. The zero-order valence-electron chi connectivity index (χ0n) is 16.1. The smallest absolute Gasteiger partial charge is 0.253 e. The Balaban J connectivity index is 1.84. The summed E-state index contributed by atoms with van der Waals surface area (Å²) >= 11 is 0. The van der Waals surface area contributed by atoms with Crippen molar-refractivity contribution in [2.45, 2.75) is 13.0 Å². The quantitative estimate of drug-likeness (QED) is 0.601. The second-order valence-electron chi connectivity index (χ2n) is 6.48. The third-order valence-corrected chi connectivity index (χ3v) is 4.35. The molecule has 2 aromatic carbocycles. The maximum Gasteiger partial charge on any atom is 0.253 e. The van der Waals surface area contributed by atoms with Gasteiger partial charge in [-0.2, -0.15) is 0 Å². The highest BCUT2D eigenvalue weighted by Gasteiger charge is 2.23. The number of hydrogen-bond donors (Lipinski definition) is 3. The molecule has 3 N–H and O–H groups in total. The lowest BCUT2D eigenvalue weighted by Gasteiger charge is -2.19. The van der Waals surface area contributed by atoms with Gasteiger partial charge in [0.1, 0.15) is 11.8 Å². The SMILES string of the molecule is COc1ccc(NC(=O)[C@@H](NC(=O)c2ccc(=O)[nH]c2)c2ccc(C)cc2)cc1. The molecule has 2 amide bonds. The highest BCUT2D eigenvalue weighted by molar-refractivity contribution is 6.01. The second-order valence-corrected chi connectivity index (χ2v) is 6.48. The molecule has 0 saturated heterocycles. The van der Waals surface area contributed by atoms with Crippen LogP contribution in [0.1, 0.15) is 27.5 Å². The summed E-state index contributed by atoms with van der Waals surface area (Å²) in [6.07, 6.45) is 1.31. The standard InChI is InChI=1S/C22H21N3O4/c1-14-3-5-15(6-4-14)20(25-21(27)16-7-12-19(26)23-13-16)22(28)24-17-8-10-18(29-2)11-9-17/h3-13,20H,1-2H3,(H,23,26)(H,24,28)(H,25,27)/t20-/m0/s1. The lowest BCUT2D eigenvalue weighted by Crippen LogP contribution is -2.37. The number of carbonyl (C=O) groups excluding carboxylic acids is 2. The van der Waals surface area contributed by atoms with Gasteiger partial charge in [-0.15, -0.1) is 0 Å². The van der Waals surface area contributed by atoms with Gasteiger partial charge in [-0.1, -0.05) is 29.8 Å².